The second kappa shape index (κ2) is 11.6. The summed E-state index contributed by atoms with van der Waals surface area (Å²) in [4.78, 5) is 38.7. The van der Waals surface area contributed by atoms with Gasteiger partial charge in [-0.25, -0.2) is 4.79 Å². The van der Waals surface area contributed by atoms with Crippen molar-refractivity contribution in [2.75, 3.05) is 0 Å². The summed E-state index contributed by atoms with van der Waals surface area (Å²) >= 11 is 0. The first-order chi connectivity index (χ1) is 12.6. The monoisotopic (exact) mass is 412 g/mol. The lowest BCUT2D eigenvalue weighted by Crippen LogP contribution is -2.09. The molecule has 0 heterocycles. The van der Waals surface area contributed by atoms with Gasteiger partial charge in [-0.2, -0.15) is 14.7 Å². The maximum absolute atomic E-state index is 11.6. The average molecular weight is 412 g/mol. The van der Waals surface area contributed by atoms with E-state index >= 15 is 0 Å². The smallest absolute Gasteiger partial charge is 0.244 e. The first-order valence-corrected chi connectivity index (χ1v) is 12.1. The summed E-state index contributed by atoms with van der Waals surface area (Å²) in [7, 11) is -6.76. The van der Waals surface area contributed by atoms with Crippen molar-refractivity contribution in [2.45, 2.75) is 58.3 Å². The van der Waals surface area contributed by atoms with Gasteiger partial charge in [-0.3, -0.25) is 0 Å². The Bertz CT molecular complexity index is 683. The van der Waals surface area contributed by atoms with Gasteiger partial charge in [-0.15, -0.1) is 0 Å². The van der Waals surface area contributed by atoms with Crippen molar-refractivity contribution >= 4 is 27.8 Å². The van der Waals surface area contributed by atoms with Crippen LogP contribution in [0.5, 0.6) is 0 Å². The Balaban J connectivity index is 2.58. The third-order valence-corrected chi connectivity index (χ3v) is 7.93. The minimum atomic E-state index is -4.29. The number of allylic oxidation sites excluding steroid dienone is 3. The molecule has 0 amide bonds. The number of benzene rings is 1. The van der Waals surface area contributed by atoms with Crippen molar-refractivity contribution in [1.29, 1.82) is 0 Å². The summed E-state index contributed by atoms with van der Waals surface area (Å²) in [5, 5.41) is -1.27. The van der Waals surface area contributed by atoms with E-state index in [2.05, 4.69) is 32.9 Å². The quantitative estimate of drug-likeness (QED) is 0.262. The van der Waals surface area contributed by atoms with Gasteiger partial charge in [0.2, 0.25) is 0 Å². The zero-order valence-electron chi connectivity index (χ0n) is 16.2. The predicted octanol–water partition coefficient (Wildman–Crippen LogP) is 5.24. The maximum Gasteiger partial charge on any atom is 0.462 e. The third kappa shape index (κ3) is 9.51. The van der Waals surface area contributed by atoms with Crippen LogP contribution in [-0.2, 0) is 15.8 Å². The number of aryl methyl sites for hydroxylation is 1. The van der Waals surface area contributed by atoms with Crippen LogP contribution in [0.2, 0.25) is 0 Å². The van der Waals surface area contributed by atoms with Crippen LogP contribution in [0.1, 0.15) is 57.6 Å². The van der Waals surface area contributed by atoms with Crippen LogP contribution < -0.4 is 0 Å². The molecule has 1 rings (SSSR count). The van der Waals surface area contributed by atoms with E-state index in [0.29, 0.717) is 12.8 Å². The van der Waals surface area contributed by atoms with Crippen molar-refractivity contribution in [3.8, 4) is 0 Å². The van der Waals surface area contributed by atoms with Crippen LogP contribution >= 0.6 is 15.7 Å². The molecule has 0 aliphatic heterocycles. The highest BCUT2D eigenvalue weighted by atomic mass is 31.2. The Morgan fingerprint density at radius 1 is 1.15 bits per heavy atom. The molecular weight excluding hydrogens is 382 g/mol. The van der Waals surface area contributed by atoms with E-state index in [1.165, 1.54) is 11.1 Å². The molecule has 2 unspecified atom stereocenters. The van der Waals surface area contributed by atoms with E-state index in [4.69, 9.17) is 0 Å². The molecule has 5 nitrogen and oxygen atoms in total. The minimum absolute atomic E-state index is 0.121. The van der Waals surface area contributed by atoms with Crippen LogP contribution in [0.25, 0.3) is 6.08 Å². The molecule has 1 aromatic carbocycles. The van der Waals surface area contributed by atoms with E-state index in [1.807, 2.05) is 24.3 Å². The molecule has 2 atom stereocenters. The summed E-state index contributed by atoms with van der Waals surface area (Å²) in [5.41, 5.74) is 4.83. The van der Waals surface area contributed by atoms with Crippen LogP contribution in [0.3, 0.4) is 0 Å². The van der Waals surface area contributed by atoms with Crippen molar-refractivity contribution in [2.24, 2.45) is 0 Å². The normalized spacial score (nSPS) is 13.9. The third-order valence-electron chi connectivity index (χ3n) is 4.21. The van der Waals surface area contributed by atoms with E-state index in [-0.39, 0.29) is 12.4 Å². The minimum Gasteiger partial charge on any atom is -0.244 e. The van der Waals surface area contributed by atoms with E-state index < -0.39 is 21.1 Å². The van der Waals surface area contributed by atoms with E-state index in [0.717, 1.165) is 24.0 Å². The first-order valence-electron chi connectivity index (χ1n) is 9.00. The molecule has 0 aliphatic carbocycles. The van der Waals surface area contributed by atoms with E-state index in [9.17, 15) is 24.0 Å². The molecule has 0 fully saturated rings. The Labute approximate surface area is 163 Å². The van der Waals surface area contributed by atoms with Gasteiger partial charge in [-0.05, 0) is 57.6 Å². The van der Waals surface area contributed by atoms with Gasteiger partial charge in [0.25, 0.3) is 0 Å². The molecule has 0 spiro atoms. The standard InChI is InChI=1S/C20H30O5P2/c1-16(2)6-4-7-17(3)14-19-12-10-18(11-13-19)8-5-9-20(26(22)15-21)27(23,24)25/h6,10-15,20,23-25H,4-5,7-9H2,1-3H3/q+2. The summed E-state index contributed by atoms with van der Waals surface area (Å²) in [6, 6.07) is 8.25. The second-order valence-corrected chi connectivity index (χ2v) is 10.8. The number of rotatable bonds is 11. The van der Waals surface area contributed by atoms with Crippen molar-refractivity contribution in [3.63, 3.8) is 0 Å². The zero-order chi connectivity index (χ0) is 20.4. The molecule has 0 aromatic heterocycles. The zero-order valence-corrected chi connectivity index (χ0v) is 18.0. The predicted molar refractivity (Wildman–Crippen MR) is 113 cm³/mol. The molecule has 148 valence electrons. The van der Waals surface area contributed by atoms with Gasteiger partial charge in [0, 0.05) is 6.42 Å². The van der Waals surface area contributed by atoms with Gasteiger partial charge in [-0.1, -0.05) is 52.1 Å². The molecule has 0 saturated heterocycles. The molecule has 1 aromatic rings. The summed E-state index contributed by atoms with van der Waals surface area (Å²) in [5.74, 6) is 0. The lowest BCUT2D eigenvalue weighted by Gasteiger charge is -2.08. The molecular formula is C20H30O5P2+2. The average Bonchev–Trinajstić information content (AvgIpc) is 2.58. The number of carbonyl (C=O) groups is 1. The van der Waals surface area contributed by atoms with Gasteiger partial charge >= 0.3 is 27.2 Å². The topological polar surface area (TPSA) is 94.8 Å². The fourth-order valence-electron chi connectivity index (χ4n) is 2.74. The van der Waals surface area contributed by atoms with Gasteiger partial charge in [0.15, 0.2) is 0 Å². The molecule has 3 N–H and O–H groups in total. The Hall–Kier alpha value is -1.22. The van der Waals surface area contributed by atoms with Crippen molar-refractivity contribution in [3.05, 3.63) is 52.6 Å². The van der Waals surface area contributed by atoms with Gasteiger partial charge in [0.1, 0.15) is 0 Å². The Morgan fingerprint density at radius 3 is 2.30 bits per heavy atom. The van der Waals surface area contributed by atoms with Crippen LogP contribution in [0.15, 0.2) is 41.5 Å². The van der Waals surface area contributed by atoms with Crippen molar-refractivity contribution in [1.82, 2.24) is 0 Å². The van der Waals surface area contributed by atoms with Crippen LogP contribution in [0.4, 0.5) is 0 Å². The highest BCUT2D eigenvalue weighted by Gasteiger charge is 2.56. The lowest BCUT2D eigenvalue weighted by molar-refractivity contribution is 0.323. The molecule has 0 saturated carbocycles. The SMILES string of the molecule is CC(C)=CCCC(C)=Cc1ccc(CCCC([P+](=O)C=O)[P+](O)(O)O)cc1. The molecule has 0 aliphatic rings. The van der Waals surface area contributed by atoms with Crippen LogP contribution in [0, 0.1) is 0 Å². The number of carbonyl (C=O) groups excluding carboxylic acids is 1. The van der Waals surface area contributed by atoms with Gasteiger partial charge < -0.3 is 0 Å². The summed E-state index contributed by atoms with van der Waals surface area (Å²) in [6.45, 7) is 6.32. The molecule has 0 radical (unpaired) electrons. The van der Waals surface area contributed by atoms with Gasteiger partial charge in [0.05, 0.1) is 0 Å². The Kier molecular flexibility index (Phi) is 10.2. The molecule has 0 bridgehead atoms. The van der Waals surface area contributed by atoms with Crippen molar-refractivity contribution < 1.29 is 24.0 Å². The fraction of sp³-hybridized carbons (Fsp3) is 0.450. The summed E-state index contributed by atoms with van der Waals surface area (Å²) in [6.07, 6.45) is 7.72. The number of hydrogen-bond donors (Lipinski definition) is 3. The van der Waals surface area contributed by atoms with E-state index in [1.54, 1.807) is 0 Å². The highest BCUT2D eigenvalue weighted by molar-refractivity contribution is 7.77. The number of hydrogen-bond acceptors (Lipinski definition) is 5. The van der Waals surface area contributed by atoms with Crippen LogP contribution in [-0.4, -0.2) is 26.1 Å². The Morgan fingerprint density at radius 2 is 1.78 bits per heavy atom. The summed E-state index contributed by atoms with van der Waals surface area (Å²) < 4.78 is 11.6. The second-order valence-electron chi connectivity index (χ2n) is 7.01. The lowest BCUT2D eigenvalue weighted by atomic mass is 10.0. The molecule has 7 heteroatoms. The maximum atomic E-state index is 11.6. The highest BCUT2D eigenvalue weighted by Crippen LogP contribution is 2.60. The molecule has 27 heavy (non-hydrogen) atoms. The largest absolute Gasteiger partial charge is 0.462 e. The fourth-order valence-corrected chi connectivity index (χ4v) is 5.23. The first kappa shape index (κ1) is 23.8.